The minimum atomic E-state index is -0.250. The highest BCUT2D eigenvalue weighted by Gasteiger charge is 2.25. The summed E-state index contributed by atoms with van der Waals surface area (Å²) in [5, 5.41) is 2.28. The Morgan fingerprint density at radius 2 is 1.85 bits per heavy atom. The van der Waals surface area contributed by atoms with E-state index in [1.807, 2.05) is 18.2 Å². The molecule has 1 aliphatic heterocycles. The molecule has 1 aliphatic rings. The van der Waals surface area contributed by atoms with Crippen molar-refractivity contribution in [3.8, 4) is 11.1 Å². The van der Waals surface area contributed by atoms with Crippen LogP contribution in [0.1, 0.15) is 29.9 Å². The number of benzene rings is 2. The number of aromatic nitrogens is 1. The molecule has 0 aliphatic carbocycles. The lowest BCUT2D eigenvalue weighted by Gasteiger charge is -2.26. The molecule has 0 amide bonds. The first kappa shape index (κ1) is 19.3. The van der Waals surface area contributed by atoms with Crippen LogP contribution in [0.15, 0.2) is 40.9 Å². The Bertz CT molecular complexity index is 988. The number of pyridine rings is 1. The molecule has 2 nitrogen and oxygen atoms in total. The number of halogens is 4. The molecule has 0 bridgehead atoms. The Hall–Kier alpha value is -1.01. The minimum Gasteiger partial charge on any atom is -0.381 e. The van der Waals surface area contributed by atoms with Gasteiger partial charge < -0.3 is 4.74 Å². The zero-order chi connectivity index (χ0) is 19.0. The molecular formula is C21H17Br2ClFNO. The van der Waals surface area contributed by atoms with Crippen LogP contribution in [-0.4, -0.2) is 18.2 Å². The van der Waals surface area contributed by atoms with Crippen LogP contribution >= 0.6 is 43.5 Å². The average molecular weight is 514 g/mol. The first-order valence-electron chi connectivity index (χ1n) is 8.79. The van der Waals surface area contributed by atoms with Crippen molar-refractivity contribution < 1.29 is 9.13 Å². The fraction of sp³-hybridized carbons (Fsp3) is 0.286. The van der Waals surface area contributed by atoms with Gasteiger partial charge in [-0.2, -0.15) is 0 Å². The van der Waals surface area contributed by atoms with Gasteiger partial charge in [0.05, 0.1) is 5.52 Å². The van der Waals surface area contributed by atoms with Crippen molar-refractivity contribution in [2.24, 2.45) is 0 Å². The van der Waals surface area contributed by atoms with Gasteiger partial charge >= 0.3 is 0 Å². The normalized spacial score (nSPS) is 15.4. The summed E-state index contributed by atoms with van der Waals surface area (Å²) in [5.41, 5.74) is 5.00. The van der Waals surface area contributed by atoms with Gasteiger partial charge in [0.25, 0.3) is 0 Å². The summed E-state index contributed by atoms with van der Waals surface area (Å²) < 4.78 is 20.1. The molecule has 6 heteroatoms. The second-order valence-corrected chi connectivity index (χ2v) is 8.45. The Morgan fingerprint density at radius 3 is 2.52 bits per heavy atom. The van der Waals surface area contributed by atoms with Crippen molar-refractivity contribution in [1.82, 2.24) is 4.98 Å². The summed E-state index contributed by atoms with van der Waals surface area (Å²) in [6, 6.07) is 10.8. The molecule has 4 rings (SSSR count). The van der Waals surface area contributed by atoms with E-state index in [-0.39, 0.29) is 11.7 Å². The quantitative estimate of drug-likeness (QED) is 0.272. The van der Waals surface area contributed by atoms with Crippen LogP contribution in [0.3, 0.4) is 0 Å². The molecule has 0 radical (unpaired) electrons. The van der Waals surface area contributed by atoms with Gasteiger partial charge in [0.2, 0.25) is 0 Å². The zero-order valence-corrected chi connectivity index (χ0v) is 18.4. The molecule has 1 aromatic heterocycles. The van der Waals surface area contributed by atoms with Gasteiger partial charge in [-0.25, -0.2) is 9.37 Å². The van der Waals surface area contributed by atoms with Crippen molar-refractivity contribution >= 4 is 54.4 Å². The monoisotopic (exact) mass is 511 g/mol. The summed E-state index contributed by atoms with van der Waals surface area (Å²) in [6.07, 6.45) is 1.81. The van der Waals surface area contributed by atoms with E-state index >= 15 is 0 Å². The zero-order valence-electron chi connectivity index (χ0n) is 14.4. The summed E-state index contributed by atoms with van der Waals surface area (Å²) in [6.45, 7) is 1.43. The lowest BCUT2D eigenvalue weighted by molar-refractivity contribution is 0.0854. The van der Waals surface area contributed by atoms with Crippen molar-refractivity contribution in [3.05, 3.63) is 63.0 Å². The second kappa shape index (κ2) is 8.16. The van der Waals surface area contributed by atoms with Crippen LogP contribution in [0, 0.1) is 5.82 Å². The van der Waals surface area contributed by atoms with Crippen LogP contribution < -0.4 is 0 Å². The topological polar surface area (TPSA) is 22.1 Å². The molecule has 2 heterocycles. The van der Waals surface area contributed by atoms with Crippen molar-refractivity contribution in [1.29, 1.82) is 0 Å². The summed E-state index contributed by atoms with van der Waals surface area (Å²) in [5.74, 6) is 0.0268. The second-order valence-electron chi connectivity index (χ2n) is 6.68. The molecule has 0 atom stereocenters. The number of hydrogen-bond donors (Lipinski definition) is 0. The molecule has 140 valence electrons. The van der Waals surface area contributed by atoms with Gasteiger partial charge in [-0.3, -0.25) is 0 Å². The van der Waals surface area contributed by atoms with Crippen molar-refractivity contribution in [2.45, 2.75) is 24.1 Å². The Balaban J connectivity index is 2.04. The molecule has 2 aromatic carbocycles. The molecular weight excluding hydrogens is 496 g/mol. The first-order valence-corrected chi connectivity index (χ1v) is 11.1. The number of nitrogens with zero attached hydrogens (tertiary/aromatic N) is 1. The smallest absolute Gasteiger partial charge is 0.133 e. The van der Waals surface area contributed by atoms with Crippen LogP contribution in [0.5, 0.6) is 0 Å². The van der Waals surface area contributed by atoms with Gasteiger partial charge in [-0.1, -0.05) is 55.6 Å². The van der Waals surface area contributed by atoms with Crippen LogP contribution in [0.25, 0.3) is 22.0 Å². The molecule has 27 heavy (non-hydrogen) atoms. The number of fused-ring (bicyclic) bond motifs is 1. The highest BCUT2D eigenvalue weighted by molar-refractivity contribution is 9.10. The van der Waals surface area contributed by atoms with E-state index < -0.39 is 0 Å². The average Bonchev–Trinajstić information content (AvgIpc) is 2.68. The number of rotatable bonds is 3. The molecule has 0 unspecified atom stereocenters. The summed E-state index contributed by atoms with van der Waals surface area (Å²) in [7, 11) is 0. The third kappa shape index (κ3) is 3.80. The van der Waals surface area contributed by atoms with Crippen molar-refractivity contribution in [2.75, 3.05) is 13.2 Å². The fourth-order valence-electron chi connectivity index (χ4n) is 3.70. The SMILES string of the molecule is Fc1ccc(-c2c(C3CCOCC3)c(Cl)nc3cc(Br)c(CBr)cc23)cc1. The largest absolute Gasteiger partial charge is 0.381 e. The first-order chi connectivity index (χ1) is 13.1. The van der Waals surface area contributed by atoms with Crippen molar-refractivity contribution in [3.63, 3.8) is 0 Å². The molecule has 0 saturated carbocycles. The minimum absolute atomic E-state index is 0.250. The predicted octanol–water partition coefficient (Wildman–Crippen LogP) is 7.25. The third-order valence-electron chi connectivity index (χ3n) is 5.05. The Labute approximate surface area is 179 Å². The molecule has 3 aromatic rings. The third-order valence-corrected chi connectivity index (χ3v) is 6.68. The maximum Gasteiger partial charge on any atom is 0.133 e. The van der Waals surface area contributed by atoms with Crippen LogP contribution in [0.4, 0.5) is 4.39 Å². The van der Waals surface area contributed by atoms with Crippen LogP contribution in [0.2, 0.25) is 5.15 Å². The van der Waals surface area contributed by atoms with E-state index in [4.69, 9.17) is 21.3 Å². The van der Waals surface area contributed by atoms with Gasteiger partial charge in [0.15, 0.2) is 0 Å². The summed E-state index contributed by atoms with van der Waals surface area (Å²) in [4.78, 5) is 4.70. The highest BCUT2D eigenvalue weighted by Crippen LogP contribution is 2.43. The van der Waals surface area contributed by atoms with E-state index in [9.17, 15) is 4.39 Å². The summed E-state index contributed by atoms with van der Waals surface area (Å²) >= 11 is 13.9. The van der Waals surface area contributed by atoms with E-state index in [0.717, 1.165) is 69.0 Å². The van der Waals surface area contributed by atoms with Gasteiger partial charge in [0, 0.05) is 34.0 Å². The number of hydrogen-bond acceptors (Lipinski definition) is 2. The van der Waals surface area contributed by atoms with Gasteiger partial charge in [-0.05, 0) is 59.7 Å². The molecule has 0 spiro atoms. The van der Waals surface area contributed by atoms with E-state index in [1.165, 1.54) is 12.1 Å². The standard InChI is InChI=1S/C21H17Br2ClFNO/c22-11-14-9-16-18(10-17(14)23)26-21(24)20(13-5-7-27-8-6-13)19(16)12-1-3-15(25)4-2-12/h1-4,9-10,13H,5-8,11H2. The Morgan fingerprint density at radius 1 is 1.15 bits per heavy atom. The van der Waals surface area contributed by atoms with Crippen LogP contribution in [-0.2, 0) is 10.1 Å². The van der Waals surface area contributed by atoms with E-state index in [2.05, 4.69) is 37.9 Å². The maximum atomic E-state index is 13.6. The molecule has 1 fully saturated rings. The lowest BCUT2D eigenvalue weighted by Crippen LogP contribution is -2.16. The maximum absolute atomic E-state index is 13.6. The number of ether oxygens (including phenoxy) is 1. The highest BCUT2D eigenvalue weighted by atomic mass is 79.9. The van der Waals surface area contributed by atoms with E-state index in [1.54, 1.807) is 0 Å². The van der Waals surface area contributed by atoms with Gasteiger partial charge in [-0.15, -0.1) is 0 Å². The molecule has 1 saturated heterocycles. The lowest BCUT2D eigenvalue weighted by atomic mass is 9.85. The van der Waals surface area contributed by atoms with Gasteiger partial charge in [0.1, 0.15) is 11.0 Å². The predicted molar refractivity (Wildman–Crippen MR) is 115 cm³/mol. The molecule has 0 N–H and O–H groups in total. The fourth-order valence-corrected chi connectivity index (χ4v) is 5.35. The van der Waals surface area contributed by atoms with E-state index in [0.29, 0.717) is 5.15 Å². The number of alkyl halides is 1. The Kier molecular flexibility index (Phi) is 5.83.